The van der Waals surface area contributed by atoms with Crippen LogP contribution in [0.4, 0.5) is 0 Å². The first-order valence-corrected chi connectivity index (χ1v) is 10.3. The molecule has 0 N–H and O–H groups in total. The molecule has 0 radical (unpaired) electrons. The second kappa shape index (κ2) is 9.31. The van der Waals surface area contributed by atoms with Gasteiger partial charge in [0.25, 0.3) is 0 Å². The summed E-state index contributed by atoms with van der Waals surface area (Å²) in [4.78, 5) is 25.2. The number of carbonyl (C=O) groups excluding carboxylic acids is 2. The Morgan fingerprint density at radius 1 is 0.469 bits per heavy atom. The van der Waals surface area contributed by atoms with Crippen LogP contribution in [0.2, 0.25) is 0 Å². The maximum atomic E-state index is 12.6. The van der Waals surface area contributed by atoms with Crippen molar-refractivity contribution in [2.45, 2.75) is 13.8 Å². The van der Waals surface area contributed by atoms with Crippen LogP contribution >= 0.6 is 0 Å². The van der Waals surface area contributed by atoms with Gasteiger partial charge in [-0.25, -0.2) is 9.59 Å². The van der Waals surface area contributed by atoms with Crippen LogP contribution < -0.4 is 9.47 Å². The zero-order chi connectivity index (χ0) is 22.5. The molecule has 4 rings (SSSR count). The minimum atomic E-state index is -1.08. The molecule has 0 aliphatic rings. The third kappa shape index (κ3) is 4.44. The Bertz CT molecular complexity index is 1190. The zero-order valence-corrected chi connectivity index (χ0v) is 17.9. The molecular formula is C28H22O4. The van der Waals surface area contributed by atoms with Gasteiger partial charge in [-0.2, -0.15) is 0 Å². The summed E-state index contributed by atoms with van der Waals surface area (Å²) in [6, 6.07) is 29.8. The Labute approximate surface area is 187 Å². The summed E-state index contributed by atoms with van der Waals surface area (Å²) in [5, 5.41) is 0. The standard InChI is InChI=1S/C28H22O4/c1-19-11-3-5-13-21(19)23-15-7-9-17-25(23)31-27(29)28(30)32-26-18-10-8-16-24(26)22-14-6-4-12-20(22)2/h3-18H,1-2H3. The second-order valence-corrected chi connectivity index (χ2v) is 7.40. The van der Waals surface area contributed by atoms with Crippen molar-refractivity contribution in [3.8, 4) is 33.8 Å². The van der Waals surface area contributed by atoms with Crippen LogP contribution in [-0.2, 0) is 9.59 Å². The minimum absolute atomic E-state index is 0.302. The van der Waals surface area contributed by atoms with Gasteiger partial charge in [-0.1, -0.05) is 84.9 Å². The Balaban J connectivity index is 1.57. The van der Waals surface area contributed by atoms with Crippen molar-refractivity contribution in [1.82, 2.24) is 0 Å². The molecule has 4 aromatic carbocycles. The van der Waals surface area contributed by atoms with E-state index in [-0.39, 0.29) is 0 Å². The van der Waals surface area contributed by atoms with Crippen LogP contribution in [0.1, 0.15) is 11.1 Å². The molecule has 0 saturated heterocycles. The lowest BCUT2D eigenvalue weighted by Gasteiger charge is -2.13. The van der Waals surface area contributed by atoms with E-state index in [4.69, 9.17) is 9.47 Å². The molecule has 0 aliphatic carbocycles. The van der Waals surface area contributed by atoms with Crippen LogP contribution in [0.5, 0.6) is 11.5 Å². The highest BCUT2D eigenvalue weighted by molar-refractivity contribution is 6.31. The summed E-state index contributed by atoms with van der Waals surface area (Å²) < 4.78 is 10.9. The van der Waals surface area contributed by atoms with E-state index < -0.39 is 11.9 Å². The fourth-order valence-electron chi connectivity index (χ4n) is 3.59. The van der Waals surface area contributed by atoms with Gasteiger partial charge in [0.1, 0.15) is 11.5 Å². The number of para-hydroxylation sites is 2. The first kappa shape index (κ1) is 21.1. The van der Waals surface area contributed by atoms with Crippen LogP contribution in [0.25, 0.3) is 22.3 Å². The molecule has 158 valence electrons. The molecule has 0 bridgehead atoms. The largest absolute Gasteiger partial charge is 0.423 e. The number of carbonyl (C=O) groups is 2. The van der Waals surface area contributed by atoms with Gasteiger partial charge in [-0.15, -0.1) is 0 Å². The quantitative estimate of drug-likeness (QED) is 0.225. The van der Waals surface area contributed by atoms with Crippen molar-refractivity contribution in [1.29, 1.82) is 0 Å². The molecule has 32 heavy (non-hydrogen) atoms. The monoisotopic (exact) mass is 422 g/mol. The predicted octanol–water partition coefficient (Wildman–Crippen LogP) is 6.15. The summed E-state index contributed by atoms with van der Waals surface area (Å²) >= 11 is 0. The summed E-state index contributed by atoms with van der Waals surface area (Å²) in [7, 11) is 0. The van der Waals surface area contributed by atoms with Crippen molar-refractivity contribution in [3.63, 3.8) is 0 Å². The number of aryl methyl sites for hydroxylation is 2. The third-order valence-corrected chi connectivity index (χ3v) is 5.22. The van der Waals surface area contributed by atoms with E-state index in [2.05, 4.69) is 0 Å². The molecule has 0 atom stereocenters. The van der Waals surface area contributed by atoms with Gasteiger partial charge in [0.2, 0.25) is 0 Å². The highest BCUT2D eigenvalue weighted by atomic mass is 16.6. The first-order valence-electron chi connectivity index (χ1n) is 10.3. The molecule has 0 saturated carbocycles. The maximum Gasteiger partial charge on any atom is 0.423 e. The number of hydrogen-bond donors (Lipinski definition) is 0. The van der Waals surface area contributed by atoms with Crippen LogP contribution in [0.15, 0.2) is 97.1 Å². The Morgan fingerprint density at radius 3 is 1.16 bits per heavy atom. The number of hydrogen-bond acceptors (Lipinski definition) is 4. The van der Waals surface area contributed by atoms with E-state index in [9.17, 15) is 9.59 Å². The highest BCUT2D eigenvalue weighted by Crippen LogP contribution is 2.33. The number of esters is 2. The SMILES string of the molecule is Cc1ccccc1-c1ccccc1OC(=O)C(=O)Oc1ccccc1-c1ccccc1C. The van der Waals surface area contributed by atoms with Gasteiger partial charge >= 0.3 is 11.9 Å². The van der Waals surface area contributed by atoms with Gasteiger partial charge in [0.05, 0.1) is 0 Å². The van der Waals surface area contributed by atoms with E-state index in [1.165, 1.54) is 0 Å². The topological polar surface area (TPSA) is 52.6 Å². The zero-order valence-electron chi connectivity index (χ0n) is 17.9. The Hall–Kier alpha value is -4.18. The lowest BCUT2D eigenvalue weighted by molar-refractivity contribution is -0.156. The molecule has 0 unspecified atom stereocenters. The smallest absolute Gasteiger partial charge is 0.417 e. The lowest BCUT2D eigenvalue weighted by Crippen LogP contribution is -2.25. The van der Waals surface area contributed by atoms with E-state index in [1.54, 1.807) is 24.3 Å². The van der Waals surface area contributed by atoms with Crippen molar-refractivity contribution >= 4 is 11.9 Å². The van der Waals surface area contributed by atoms with Crippen LogP contribution in [-0.4, -0.2) is 11.9 Å². The van der Waals surface area contributed by atoms with E-state index in [1.807, 2.05) is 86.6 Å². The van der Waals surface area contributed by atoms with Crippen LogP contribution in [0, 0.1) is 13.8 Å². The lowest BCUT2D eigenvalue weighted by atomic mass is 10.00. The molecule has 0 aromatic heterocycles. The summed E-state index contributed by atoms with van der Waals surface area (Å²) in [5.41, 5.74) is 5.37. The van der Waals surface area contributed by atoms with E-state index in [0.29, 0.717) is 11.5 Å². The van der Waals surface area contributed by atoms with Gasteiger partial charge in [-0.3, -0.25) is 0 Å². The van der Waals surface area contributed by atoms with Gasteiger partial charge in [-0.05, 0) is 48.2 Å². The average Bonchev–Trinajstić information content (AvgIpc) is 2.81. The molecule has 0 fully saturated rings. The molecule has 4 aromatic rings. The summed E-state index contributed by atoms with van der Waals surface area (Å²) in [6.07, 6.45) is 0. The van der Waals surface area contributed by atoms with Crippen LogP contribution in [0.3, 0.4) is 0 Å². The molecule has 0 aliphatic heterocycles. The Kier molecular flexibility index (Phi) is 6.13. The predicted molar refractivity (Wildman–Crippen MR) is 124 cm³/mol. The molecule has 0 amide bonds. The van der Waals surface area contributed by atoms with Crippen molar-refractivity contribution < 1.29 is 19.1 Å². The third-order valence-electron chi connectivity index (χ3n) is 5.22. The van der Waals surface area contributed by atoms with Gasteiger partial charge in [0.15, 0.2) is 0 Å². The summed E-state index contributed by atoms with van der Waals surface area (Å²) in [5.74, 6) is -1.55. The van der Waals surface area contributed by atoms with Gasteiger partial charge < -0.3 is 9.47 Å². The maximum absolute atomic E-state index is 12.6. The van der Waals surface area contributed by atoms with Crippen molar-refractivity contribution in [2.24, 2.45) is 0 Å². The minimum Gasteiger partial charge on any atom is -0.417 e. The fourth-order valence-corrected chi connectivity index (χ4v) is 3.59. The molecule has 4 heteroatoms. The normalized spacial score (nSPS) is 10.4. The summed E-state index contributed by atoms with van der Waals surface area (Å²) in [6.45, 7) is 3.95. The van der Waals surface area contributed by atoms with Gasteiger partial charge in [0, 0.05) is 11.1 Å². The van der Waals surface area contributed by atoms with E-state index >= 15 is 0 Å². The first-order chi connectivity index (χ1) is 15.5. The molecule has 0 heterocycles. The molecule has 4 nitrogen and oxygen atoms in total. The van der Waals surface area contributed by atoms with Crippen molar-refractivity contribution in [3.05, 3.63) is 108 Å². The Morgan fingerprint density at radius 2 is 0.781 bits per heavy atom. The number of benzene rings is 4. The highest BCUT2D eigenvalue weighted by Gasteiger charge is 2.23. The number of ether oxygens (including phenoxy) is 2. The molecule has 0 spiro atoms. The molecular weight excluding hydrogens is 400 g/mol. The van der Waals surface area contributed by atoms with E-state index in [0.717, 1.165) is 33.4 Å². The average molecular weight is 422 g/mol. The van der Waals surface area contributed by atoms with Crippen molar-refractivity contribution in [2.75, 3.05) is 0 Å². The fraction of sp³-hybridized carbons (Fsp3) is 0.0714. The second-order valence-electron chi connectivity index (χ2n) is 7.40. The number of rotatable bonds is 4.